The van der Waals surface area contributed by atoms with E-state index in [-0.39, 0.29) is 41.5 Å². The minimum absolute atomic E-state index is 0.0184. The molecule has 2 aliphatic rings. The average molecular weight is 434 g/mol. The van der Waals surface area contributed by atoms with Gasteiger partial charge in [0.2, 0.25) is 0 Å². The topological polar surface area (TPSA) is 102 Å². The van der Waals surface area contributed by atoms with Crippen molar-refractivity contribution in [3.63, 3.8) is 0 Å². The molecule has 0 spiro atoms. The summed E-state index contributed by atoms with van der Waals surface area (Å²) in [5, 5.41) is 11.3. The summed E-state index contributed by atoms with van der Waals surface area (Å²) in [6, 6.07) is 3.76. The Morgan fingerprint density at radius 2 is 1.74 bits per heavy atom. The molecule has 0 bridgehead atoms. The van der Waals surface area contributed by atoms with Crippen LogP contribution < -0.4 is 0 Å². The van der Waals surface area contributed by atoms with E-state index >= 15 is 0 Å². The number of nitro groups is 1. The lowest BCUT2D eigenvalue weighted by molar-refractivity contribution is -0.384. The number of morpholine rings is 1. The van der Waals surface area contributed by atoms with Crippen LogP contribution in [0.5, 0.6) is 0 Å². The number of rotatable bonds is 6. The minimum Gasteiger partial charge on any atom is -0.462 e. The number of hydrogen-bond donors (Lipinski definition) is 0. The summed E-state index contributed by atoms with van der Waals surface area (Å²) in [6.07, 6.45) is 2.22. The van der Waals surface area contributed by atoms with Gasteiger partial charge in [-0.1, -0.05) is 0 Å². The van der Waals surface area contributed by atoms with Crippen molar-refractivity contribution in [2.24, 2.45) is 5.92 Å². The molecule has 2 atom stereocenters. The monoisotopic (exact) mass is 433 g/mol. The molecule has 0 aliphatic carbocycles. The maximum absolute atomic E-state index is 13.0. The molecule has 0 aromatic heterocycles. The van der Waals surface area contributed by atoms with E-state index in [1.165, 1.54) is 12.1 Å². The maximum atomic E-state index is 13.0. The largest absolute Gasteiger partial charge is 0.462 e. The van der Waals surface area contributed by atoms with Crippen LogP contribution in [0.3, 0.4) is 0 Å². The summed E-state index contributed by atoms with van der Waals surface area (Å²) in [5.41, 5.74) is -0.129. The second kappa shape index (κ2) is 10.2. The quantitative estimate of drug-likeness (QED) is 0.386. The summed E-state index contributed by atoms with van der Waals surface area (Å²) in [4.78, 5) is 39.9. The highest BCUT2D eigenvalue weighted by Gasteiger charge is 2.29. The third kappa shape index (κ3) is 6.01. The lowest BCUT2D eigenvalue weighted by Gasteiger charge is -2.39. The first-order valence-corrected chi connectivity index (χ1v) is 10.9. The highest BCUT2D eigenvalue weighted by molar-refractivity contribution is 5.99. The first-order chi connectivity index (χ1) is 14.8. The highest BCUT2D eigenvalue weighted by atomic mass is 16.6. The molecule has 1 aromatic carbocycles. The summed E-state index contributed by atoms with van der Waals surface area (Å²) < 4.78 is 10.7. The lowest BCUT2D eigenvalue weighted by Crippen LogP contribution is -2.48. The van der Waals surface area contributed by atoms with E-state index < -0.39 is 10.9 Å². The van der Waals surface area contributed by atoms with Crippen molar-refractivity contribution in [1.82, 2.24) is 9.80 Å². The van der Waals surface area contributed by atoms with Gasteiger partial charge >= 0.3 is 5.97 Å². The van der Waals surface area contributed by atoms with Crippen LogP contribution in [0.15, 0.2) is 18.2 Å². The van der Waals surface area contributed by atoms with Crippen LogP contribution in [-0.2, 0) is 9.47 Å². The molecular formula is C22H31N3O6. The van der Waals surface area contributed by atoms with E-state index in [0.29, 0.717) is 19.0 Å². The number of nitro benzene ring substituents is 1. The van der Waals surface area contributed by atoms with Gasteiger partial charge in [-0.3, -0.25) is 19.8 Å². The molecule has 2 saturated heterocycles. The summed E-state index contributed by atoms with van der Waals surface area (Å²) in [7, 11) is 0. The fourth-order valence-electron chi connectivity index (χ4n) is 4.47. The molecule has 1 aromatic rings. The Labute approximate surface area is 182 Å². The Hall–Kier alpha value is -2.52. The van der Waals surface area contributed by atoms with E-state index in [0.717, 1.165) is 38.5 Å². The van der Waals surface area contributed by atoms with E-state index in [9.17, 15) is 19.7 Å². The fourth-order valence-corrected chi connectivity index (χ4v) is 4.47. The fraction of sp³-hybridized carbons (Fsp3) is 0.636. The first-order valence-electron chi connectivity index (χ1n) is 10.9. The normalized spacial score (nSPS) is 22.9. The van der Waals surface area contributed by atoms with Crippen molar-refractivity contribution in [2.75, 3.05) is 39.3 Å². The number of nitrogens with zero attached hydrogens (tertiary/aromatic N) is 3. The third-order valence-electron chi connectivity index (χ3n) is 5.80. The Balaban J connectivity index is 1.63. The van der Waals surface area contributed by atoms with Crippen LogP contribution in [0.2, 0.25) is 0 Å². The standard InChI is InChI=1S/C22H31N3O6/c1-4-30-22(27)19-9-18(10-20(11-19)25(28)29)21(26)24-7-5-17(6-8-24)14-23-12-15(2)31-16(3)13-23/h9-11,15-17H,4-8,12-14H2,1-3H3. The van der Waals surface area contributed by atoms with Crippen molar-refractivity contribution < 1.29 is 24.0 Å². The number of non-ortho nitro benzene ring substituents is 1. The number of carbonyl (C=O) groups excluding carboxylic acids is 2. The number of likely N-dealkylation sites (tertiary alicyclic amines) is 1. The van der Waals surface area contributed by atoms with Crippen LogP contribution in [-0.4, -0.2) is 78.1 Å². The van der Waals surface area contributed by atoms with Gasteiger partial charge in [0.15, 0.2) is 0 Å². The molecule has 9 nitrogen and oxygen atoms in total. The van der Waals surface area contributed by atoms with Gasteiger partial charge in [-0.25, -0.2) is 4.79 Å². The van der Waals surface area contributed by atoms with Gasteiger partial charge in [-0.15, -0.1) is 0 Å². The maximum Gasteiger partial charge on any atom is 0.338 e. The van der Waals surface area contributed by atoms with Crippen molar-refractivity contribution in [3.8, 4) is 0 Å². The molecule has 170 valence electrons. The Kier molecular flexibility index (Phi) is 7.61. The number of ether oxygens (including phenoxy) is 2. The van der Waals surface area contributed by atoms with Crippen LogP contribution in [0.25, 0.3) is 0 Å². The van der Waals surface area contributed by atoms with Gasteiger partial charge in [0.1, 0.15) is 0 Å². The molecule has 2 fully saturated rings. The lowest BCUT2D eigenvalue weighted by atomic mass is 9.95. The van der Waals surface area contributed by atoms with Gasteiger partial charge < -0.3 is 14.4 Å². The van der Waals surface area contributed by atoms with Crippen LogP contribution in [0.4, 0.5) is 5.69 Å². The molecular weight excluding hydrogens is 402 g/mol. The first kappa shape index (κ1) is 23.1. The van der Waals surface area contributed by atoms with Crippen LogP contribution in [0.1, 0.15) is 54.3 Å². The van der Waals surface area contributed by atoms with E-state index in [2.05, 4.69) is 18.7 Å². The summed E-state index contributed by atoms with van der Waals surface area (Å²) in [5.74, 6) is -0.462. The molecule has 2 aliphatic heterocycles. The number of benzene rings is 1. The van der Waals surface area contributed by atoms with Gasteiger partial charge in [0.25, 0.3) is 11.6 Å². The number of carbonyl (C=O) groups is 2. The molecule has 0 saturated carbocycles. The number of amides is 1. The van der Waals surface area contributed by atoms with Crippen molar-refractivity contribution in [3.05, 3.63) is 39.4 Å². The van der Waals surface area contributed by atoms with Gasteiger partial charge in [-0.2, -0.15) is 0 Å². The summed E-state index contributed by atoms with van der Waals surface area (Å²) in [6.45, 7) is 10.0. The Bertz CT molecular complexity index is 811. The number of hydrogen-bond acceptors (Lipinski definition) is 7. The molecule has 2 unspecified atom stereocenters. The van der Waals surface area contributed by atoms with Crippen molar-refractivity contribution in [1.29, 1.82) is 0 Å². The highest BCUT2D eigenvalue weighted by Crippen LogP contribution is 2.24. The molecule has 9 heteroatoms. The minimum atomic E-state index is -0.673. The molecule has 3 rings (SSSR count). The second-order valence-corrected chi connectivity index (χ2v) is 8.46. The predicted octanol–water partition coefficient (Wildman–Crippen LogP) is 2.73. The van der Waals surface area contributed by atoms with E-state index in [1.807, 2.05) is 0 Å². The number of piperidine rings is 1. The Morgan fingerprint density at radius 1 is 1.13 bits per heavy atom. The molecule has 1 amide bonds. The van der Waals surface area contributed by atoms with Gasteiger partial charge in [-0.05, 0) is 45.6 Å². The predicted molar refractivity (Wildman–Crippen MR) is 114 cm³/mol. The average Bonchev–Trinajstić information content (AvgIpc) is 2.73. The zero-order chi connectivity index (χ0) is 22.5. The SMILES string of the molecule is CCOC(=O)c1cc(C(=O)N2CCC(CN3CC(C)OC(C)C3)CC2)cc([N+](=O)[O-])c1. The van der Waals surface area contributed by atoms with Gasteiger partial charge in [0, 0.05) is 50.4 Å². The van der Waals surface area contributed by atoms with Crippen LogP contribution >= 0.6 is 0 Å². The zero-order valence-electron chi connectivity index (χ0n) is 18.4. The zero-order valence-corrected chi connectivity index (χ0v) is 18.4. The van der Waals surface area contributed by atoms with Crippen molar-refractivity contribution in [2.45, 2.75) is 45.8 Å². The van der Waals surface area contributed by atoms with E-state index in [1.54, 1.807) is 11.8 Å². The Morgan fingerprint density at radius 3 is 2.32 bits per heavy atom. The molecule has 0 N–H and O–H groups in total. The molecule has 31 heavy (non-hydrogen) atoms. The third-order valence-corrected chi connectivity index (χ3v) is 5.80. The van der Waals surface area contributed by atoms with Gasteiger partial charge in [0.05, 0.1) is 29.3 Å². The smallest absolute Gasteiger partial charge is 0.338 e. The van der Waals surface area contributed by atoms with E-state index in [4.69, 9.17) is 9.47 Å². The number of esters is 1. The van der Waals surface area contributed by atoms with Crippen LogP contribution in [0, 0.1) is 16.0 Å². The second-order valence-electron chi connectivity index (χ2n) is 8.46. The molecule has 2 heterocycles. The van der Waals surface area contributed by atoms with Crippen molar-refractivity contribution >= 4 is 17.6 Å². The summed E-state index contributed by atoms with van der Waals surface area (Å²) >= 11 is 0. The molecule has 0 radical (unpaired) electrons.